The maximum absolute atomic E-state index is 5.72. The standard InChI is InChI=1S/C15H24N2/c1-17-15(13-7-3-2-4-8-13)14-9-5-6-12(10-14)11-16/h5-6,9-10,13,15,17H,2-4,7-8,11,16H2,1H3. The molecule has 0 radical (unpaired) electrons. The molecule has 1 fully saturated rings. The fraction of sp³-hybridized carbons (Fsp3) is 0.600. The zero-order chi connectivity index (χ0) is 12.1. The van der Waals surface area contributed by atoms with E-state index in [1.54, 1.807) is 0 Å². The second-order valence-electron chi connectivity index (χ2n) is 5.11. The fourth-order valence-electron chi connectivity index (χ4n) is 3.06. The first-order valence-corrected chi connectivity index (χ1v) is 6.81. The van der Waals surface area contributed by atoms with E-state index in [0.717, 1.165) is 5.92 Å². The van der Waals surface area contributed by atoms with Crippen LogP contribution in [0.25, 0.3) is 0 Å². The smallest absolute Gasteiger partial charge is 0.0346 e. The van der Waals surface area contributed by atoms with Gasteiger partial charge in [0.05, 0.1) is 0 Å². The second kappa shape index (κ2) is 6.18. The molecule has 0 saturated heterocycles. The van der Waals surface area contributed by atoms with Gasteiger partial charge in [0.1, 0.15) is 0 Å². The van der Waals surface area contributed by atoms with Crippen molar-refractivity contribution in [1.29, 1.82) is 0 Å². The summed E-state index contributed by atoms with van der Waals surface area (Å²) in [4.78, 5) is 0. The minimum atomic E-state index is 0.502. The molecular formula is C15H24N2. The Balaban J connectivity index is 2.15. The first-order chi connectivity index (χ1) is 8.35. The molecule has 2 rings (SSSR count). The molecule has 1 aromatic carbocycles. The third-order valence-corrected chi connectivity index (χ3v) is 3.98. The average Bonchev–Trinajstić information content (AvgIpc) is 2.41. The van der Waals surface area contributed by atoms with Crippen molar-refractivity contribution >= 4 is 0 Å². The van der Waals surface area contributed by atoms with Gasteiger partial charge in [0.15, 0.2) is 0 Å². The molecule has 1 aliphatic carbocycles. The zero-order valence-corrected chi connectivity index (χ0v) is 10.8. The van der Waals surface area contributed by atoms with Gasteiger partial charge >= 0.3 is 0 Å². The molecule has 2 heteroatoms. The molecule has 0 bridgehead atoms. The Morgan fingerprint density at radius 2 is 2.06 bits per heavy atom. The summed E-state index contributed by atoms with van der Waals surface area (Å²) in [5.74, 6) is 0.793. The number of rotatable bonds is 4. The summed E-state index contributed by atoms with van der Waals surface area (Å²) in [5, 5.41) is 3.50. The maximum Gasteiger partial charge on any atom is 0.0346 e. The van der Waals surface area contributed by atoms with Crippen molar-refractivity contribution < 1.29 is 0 Å². The quantitative estimate of drug-likeness (QED) is 0.837. The number of nitrogens with two attached hydrogens (primary N) is 1. The lowest BCUT2D eigenvalue weighted by Crippen LogP contribution is -2.27. The molecule has 1 aromatic rings. The van der Waals surface area contributed by atoms with Crippen LogP contribution in [-0.4, -0.2) is 7.05 Å². The molecule has 0 aromatic heterocycles. The number of nitrogens with one attached hydrogen (secondary N) is 1. The summed E-state index contributed by atoms with van der Waals surface area (Å²) in [7, 11) is 2.08. The lowest BCUT2D eigenvalue weighted by Gasteiger charge is -2.30. The molecule has 0 heterocycles. The minimum absolute atomic E-state index is 0.502. The van der Waals surface area contributed by atoms with Gasteiger partial charge in [-0.15, -0.1) is 0 Å². The van der Waals surface area contributed by atoms with Gasteiger partial charge in [-0.25, -0.2) is 0 Å². The van der Waals surface area contributed by atoms with Crippen molar-refractivity contribution in [2.24, 2.45) is 11.7 Å². The molecule has 1 aliphatic rings. The first kappa shape index (κ1) is 12.6. The van der Waals surface area contributed by atoms with Gasteiger partial charge in [0.25, 0.3) is 0 Å². The van der Waals surface area contributed by atoms with Gasteiger partial charge in [0, 0.05) is 12.6 Å². The van der Waals surface area contributed by atoms with Crippen molar-refractivity contribution in [2.75, 3.05) is 7.05 Å². The molecule has 94 valence electrons. The first-order valence-electron chi connectivity index (χ1n) is 6.81. The van der Waals surface area contributed by atoms with Crippen LogP contribution in [0.5, 0.6) is 0 Å². The van der Waals surface area contributed by atoms with Crippen LogP contribution < -0.4 is 11.1 Å². The number of hydrogen-bond acceptors (Lipinski definition) is 2. The summed E-state index contributed by atoms with van der Waals surface area (Å²) >= 11 is 0. The van der Waals surface area contributed by atoms with Crippen molar-refractivity contribution in [3.8, 4) is 0 Å². The van der Waals surface area contributed by atoms with Crippen LogP contribution in [0.1, 0.15) is 49.3 Å². The van der Waals surface area contributed by atoms with Gasteiger partial charge < -0.3 is 11.1 Å². The highest BCUT2D eigenvalue weighted by atomic mass is 14.9. The Labute approximate surface area is 105 Å². The molecule has 1 saturated carbocycles. The van der Waals surface area contributed by atoms with Crippen molar-refractivity contribution in [1.82, 2.24) is 5.32 Å². The summed E-state index contributed by atoms with van der Waals surface area (Å²) in [6.07, 6.45) is 6.91. The molecule has 1 unspecified atom stereocenters. The van der Waals surface area contributed by atoms with Crippen LogP contribution in [0.3, 0.4) is 0 Å². The minimum Gasteiger partial charge on any atom is -0.326 e. The van der Waals surface area contributed by atoms with Crippen LogP contribution in [-0.2, 0) is 6.54 Å². The molecule has 1 atom stereocenters. The summed E-state index contributed by atoms with van der Waals surface area (Å²) in [6, 6.07) is 9.23. The van der Waals surface area contributed by atoms with Gasteiger partial charge in [-0.2, -0.15) is 0 Å². The third-order valence-electron chi connectivity index (χ3n) is 3.98. The third kappa shape index (κ3) is 3.08. The molecular weight excluding hydrogens is 208 g/mol. The Morgan fingerprint density at radius 3 is 2.71 bits per heavy atom. The Bertz CT molecular complexity index is 343. The SMILES string of the molecule is CNC(c1cccc(CN)c1)C1CCCCC1. The maximum atomic E-state index is 5.72. The van der Waals surface area contributed by atoms with E-state index in [1.165, 1.54) is 43.2 Å². The monoisotopic (exact) mass is 232 g/mol. The van der Waals surface area contributed by atoms with Crippen LogP contribution in [0.2, 0.25) is 0 Å². The largest absolute Gasteiger partial charge is 0.326 e. The molecule has 0 spiro atoms. The van der Waals surface area contributed by atoms with Gasteiger partial charge in [-0.1, -0.05) is 43.5 Å². The molecule has 0 amide bonds. The van der Waals surface area contributed by atoms with Crippen LogP contribution in [0, 0.1) is 5.92 Å². The van der Waals surface area contributed by atoms with Gasteiger partial charge in [-0.3, -0.25) is 0 Å². The van der Waals surface area contributed by atoms with Crippen molar-refractivity contribution in [2.45, 2.75) is 44.7 Å². The van der Waals surface area contributed by atoms with E-state index >= 15 is 0 Å². The molecule has 2 nitrogen and oxygen atoms in total. The Hall–Kier alpha value is -0.860. The van der Waals surface area contributed by atoms with Gasteiger partial charge in [0.2, 0.25) is 0 Å². The highest BCUT2D eigenvalue weighted by Crippen LogP contribution is 2.34. The lowest BCUT2D eigenvalue weighted by atomic mass is 9.81. The second-order valence-corrected chi connectivity index (χ2v) is 5.11. The Morgan fingerprint density at radius 1 is 1.29 bits per heavy atom. The predicted molar refractivity (Wildman–Crippen MR) is 72.7 cm³/mol. The summed E-state index contributed by atoms with van der Waals surface area (Å²) in [6.45, 7) is 0.634. The van der Waals surface area contributed by atoms with E-state index < -0.39 is 0 Å². The summed E-state index contributed by atoms with van der Waals surface area (Å²) < 4.78 is 0. The fourth-order valence-corrected chi connectivity index (χ4v) is 3.06. The van der Waals surface area contributed by atoms with Crippen molar-refractivity contribution in [3.05, 3.63) is 35.4 Å². The highest BCUT2D eigenvalue weighted by Gasteiger charge is 2.23. The number of benzene rings is 1. The van der Waals surface area contributed by atoms with Crippen molar-refractivity contribution in [3.63, 3.8) is 0 Å². The molecule has 0 aliphatic heterocycles. The summed E-state index contributed by atoms with van der Waals surface area (Å²) in [5.41, 5.74) is 8.36. The zero-order valence-electron chi connectivity index (χ0n) is 10.8. The van der Waals surface area contributed by atoms with E-state index in [0.29, 0.717) is 12.6 Å². The highest BCUT2D eigenvalue weighted by molar-refractivity contribution is 5.26. The van der Waals surface area contributed by atoms with Gasteiger partial charge in [-0.05, 0) is 36.9 Å². The Kier molecular flexibility index (Phi) is 4.57. The van der Waals surface area contributed by atoms with Crippen LogP contribution >= 0.6 is 0 Å². The van der Waals surface area contributed by atoms with E-state index in [9.17, 15) is 0 Å². The van der Waals surface area contributed by atoms with E-state index in [2.05, 4.69) is 36.6 Å². The van der Waals surface area contributed by atoms with E-state index in [4.69, 9.17) is 5.73 Å². The average molecular weight is 232 g/mol. The predicted octanol–water partition coefficient (Wildman–Crippen LogP) is 2.99. The normalized spacial score (nSPS) is 19.2. The molecule has 17 heavy (non-hydrogen) atoms. The van der Waals surface area contributed by atoms with Crippen LogP contribution in [0.15, 0.2) is 24.3 Å². The molecule has 3 N–H and O–H groups in total. The van der Waals surface area contributed by atoms with E-state index in [1.807, 2.05) is 0 Å². The number of hydrogen-bond donors (Lipinski definition) is 2. The van der Waals surface area contributed by atoms with E-state index in [-0.39, 0.29) is 0 Å². The topological polar surface area (TPSA) is 38.0 Å². The van der Waals surface area contributed by atoms with Crippen LogP contribution in [0.4, 0.5) is 0 Å². The lowest BCUT2D eigenvalue weighted by molar-refractivity contribution is 0.281.